The predicted octanol–water partition coefficient (Wildman–Crippen LogP) is 1.48. The molecule has 0 aliphatic heterocycles. The molecule has 1 aromatic carbocycles. The minimum absolute atomic E-state index is 0.127. The Balaban J connectivity index is 2.62. The van der Waals surface area contributed by atoms with Gasteiger partial charge in [0.15, 0.2) is 0 Å². The number of ether oxygens (including phenoxy) is 2. The van der Waals surface area contributed by atoms with Crippen LogP contribution in [0, 0.1) is 0 Å². The molecule has 1 atom stereocenters. The molecule has 0 fully saturated rings. The SMILES string of the molecule is COc1ccc(C(O)COCC(=O)O)c(Cl)c1. The maximum Gasteiger partial charge on any atom is 0.329 e. The average Bonchev–Trinajstić information content (AvgIpc) is 2.28. The zero-order valence-corrected chi connectivity index (χ0v) is 9.98. The van der Waals surface area contributed by atoms with Gasteiger partial charge in [0.05, 0.1) is 18.7 Å². The third kappa shape index (κ3) is 4.22. The number of hydrogen-bond acceptors (Lipinski definition) is 4. The van der Waals surface area contributed by atoms with Crippen LogP contribution >= 0.6 is 11.6 Å². The van der Waals surface area contributed by atoms with Crippen molar-refractivity contribution in [1.82, 2.24) is 0 Å². The molecule has 94 valence electrons. The van der Waals surface area contributed by atoms with E-state index < -0.39 is 18.7 Å². The second-order valence-corrected chi connectivity index (χ2v) is 3.72. The first-order valence-corrected chi connectivity index (χ1v) is 5.23. The Hall–Kier alpha value is -1.30. The number of hydrogen-bond donors (Lipinski definition) is 2. The summed E-state index contributed by atoms with van der Waals surface area (Å²) in [6.45, 7) is -0.580. The van der Waals surface area contributed by atoms with Crippen LogP contribution in [0.25, 0.3) is 0 Å². The average molecular weight is 261 g/mol. The van der Waals surface area contributed by atoms with Crippen LogP contribution in [0.5, 0.6) is 5.75 Å². The molecule has 17 heavy (non-hydrogen) atoms. The summed E-state index contributed by atoms with van der Waals surface area (Å²) in [5, 5.41) is 18.4. The number of aliphatic hydroxyl groups is 1. The Kier molecular flexibility index (Phi) is 5.21. The minimum Gasteiger partial charge on any atom is -0.497 e. The molecule has 5 nitrogen and oxygen atoms in total. The summed E-state index contributed by atoms with van der Waals surface area (Å²) in [7, 11) is 1.51. The van der Waals surface area contributed by atoms with E-state index in [-0.39, 0.29) is 6.61 Å². The van der Waals surface area contributed by atoms with E-state index in [0.717, 1.165) is 0 Å². The molecule has 0 saturated carbocycles. The third-order valence-corrected chi connectivity index (χ3v) is 2.40. The lowest BCUT2D eigenvalue weighted by Crippen LogP contribution is -2.13. The Bertz CT molecular complexity index is 393. The largest absolute Gasteiger partial charge is 0.497 e. The number of aliphatic carboxylic acids is 1. The van der Waals surface area contributed by atoms with Crippen molar-refractivity contribution in [2.24, 2.45) is 0 Å². The number of carbonyl (C=O) groups is 1. The van der Waals surface area contributed by atoms with Gasteiger partial charge in [-0.1, -0.05) is 17.7 Å². The predicted molar refractivity (Wildman–Crippen MR) is 61.4 cm³/mol. The summed E-state index contributed by atoms with van der Waals surface area (Å²) >= 11 is 5.93. The summed E-state index contributed by atoms with van der Waals surface area (Å²) in [6, 6.07) is 4.83. The van der Waals surface area contributed by atoms with Gasteiger partial charge in [-0.3, -0.25) is 0 Å². The van der Waals surface area contributed by atoms with E-state index in [1.165, 1.54) is 7.11 Å². The van der Waals surface area contributed by atoms with Crippen molar-refractivity contribution in [1.29, 1.82) is 0 Å². The highest BCUT2D eigenvalue weighted by atomic mass is 35.5. The van der Waals surface area contributed by atoms with Crippen LogP contribution in [0.1, 0.15) is 11.7 Å². The molecular weight excluding hydrogens is 248 g/mol. The first kappa shape index (κ1) is 13.8. The van der Waals surface area contributed by atoms with Crippen LogP contribution in [0.4, 0.5) is 0 Å². The minimum atomic E-state index is -1.09. The molecule has 0 bridgehead atoms. The lowest BCUT2D eigenvalue weighted by molar-refractivity contribution is -0.143. The second kappa shape index (κ2) is 6.44. The highest BCUT2D eigenvalue weighted by Crippen LogP contribution is 2.27. The van der Waals surface area contributed by atoms with Gasteiger partial charge >= 0.3 is 5.97 Å². The van der Waals surface area contributed by atoms with Crippen molar-refractivity contribution in [2.45, 2.75) is 6.10 Å². The second-order valence-electron chi connectivity index (χ2n) is 3.31. The number of rotatable bonds is 6. The van der Waals surface area contributed by atoms with Crippen molar-refractivity contribution in [3.05, 3.63) is 28.8 Å². The molecule has 0 aliphatic carbocycles. The fourth-order valence-electron chi connectivity index (χ4n) is 1.25. The normalized spacial score (nSPS) is 12.2. The van der Waals surface area contributed by atoms with Gasteiger partial charge < -0.3 is 19.7 Å². The number of benzene rings is 1. The van der Waals surface area contributed by atoms with E-state index in [2.05, 4.69) is 0 Å². The number of carboxylic acid groups (broad SMARTS) is 1. The first-order chi connectivity index (χ1) is 8.04. The summed E-state index contributed by atoms with van der Waals surface area (Å²) < 4.78 is 9.75. The Morgan fingerprint density at radius 3 is 2.76 bits per heavy atom. The molecule has 0 radical (unpaired) electrons. The highest BCUT2D eigenvalue weighted by molar-refractivity contribution is 6.31. The van der Waals surface area contributed by atoms with Crippen molar-refractivity contribution in [2.75, 3.05) is 20.3 Å². The molecule has 1 aromatic rings. The molecule has 2 N–H and O–H groups in total. The zero-order chi connectivity index (χ0) is 12.8. The van der Waals surface area contributed by atoms with Gasteiger partial charge in [0.1, 0.15) is 18.5 Å². The highest BCUT2D eigenvalue weighted by Gasteiger charge is 2.13. The van der Waals surface area contributed by atoms with Crippen molar-refractivity contribution >= 4 is 17.6 Å². The lowest BCUT2D eigenvalue weighted by Gasteiger charge is -2.13. The van der Waals surface area contributed by atoms with E-state index in [1.807, 2.05) is 0 Å². The molecule has 0 heterocycles. The molecule has 1 unspecified atom stereocenters. The lowest BCUT2D eigenvalue weighted by atomic mass is 10.1. The summed E-state index contributed by atoms with van der Waals surface area (Å²) in [4.78, 5) is 10.2. The molecule has 0 aromatic heterocycles. The van der Waals surface area contributed by atoms with Crippen molar-refractivity contribution < 1.29 is 24.5 Å². The zero-order valence-electron chi connectivity index (χ0n) is 9.22. The summed E-state index contributed by atoms with van der Waals surface area (Å²) in [5.41, 5.74) is 0.470. The molecule has 0 spiro atoms. The summed E-state index contributed by atoms with van der Waals surface area (Å²) in [6.07, 6.45) is -0.965. The van der Waals surface area contributed by atoms with Crippen LogP contribution < -0.4 is 4.74 Å². The first-order valence-electron chi connectivity index (χ1n) is 4.85. The van der Waals surface area contributed by atoms with Crippen LogP contribution in [-0.4, -0.2) is 36.5 Å². The van der Waals surface area contributed by atoms with Crippen LogP contribution in [0.3, 0.4) is 0 Å². The smallest absolute Gasteiger partial charge is 0.329 e. The third-order valence-electron chi connectivity index (χ3n) is 2.07. The topological polar surface area (TPSA) is 76.0 Å². The Labute approximate surface area is 104 Å². The molecular formula is C11H13ClO5. The maximum absolute atomic E-state index is 10.2. The van der Waals surface area contributed by atoms with Gasteiger partial charge in [-0.05, 0) is 12.1 Å². The fourth-order valence-corrected chi connectivity index (χ4v) is 1.55. The molecule has 0 amide bonds. The van der Waals surface area contributed by atoms with Crippen molar-refractivity contribution in [3.63, 3.8) is 0 Å². The van der Waals surface area contributed by atoms with Gasteiger partial charge in [-0.2, -0.15) is 0 Å². The van der Waals surface area contributed by atoms with Crippen LogP contribution in [-0.2, 0) is 9.53 Å². The van der Waals surface area contributed by atoms with E-state index in [0.29, 0.717) is 16.3 Å². The van der Waals surface area contributed by atoms with E-state index in [9.17, 15) is 9.90 Å². The van der Waals surface area contributed by atoms with Crippen LogP contribution in [0.2, 0.25) is 5.02 Å². The van der Waals surface area contributed by atoms with E-state index in [4.69, 9.17) is 26.2 Å². The number of carboxylic acids is 1. The molecule has 0 aliphatic rings. The number of halogens is 1. The van der Waals surface area contributed by atoms with E-state index >= 15 is 0 Å². The van der Waals surface area contributed by atoms with Gasteiger partial charge in [0.25, 0.3) is 0 Å². The Morgan fingerprint density at radius 1 is 1.53 bits per heavy atom. The molecule has 0 saturated heterocycles. The van der Waals surface area contributed by atoms with E-state index in [1.54, 1.807) is 18.2 Å². The van der Waals surface area contributed by atoms with Gasteiger partial charge in [0, 0.05) is 5.56 Å². The number of aliphatic hydroxyl groups excluding tert-OH is 1. The molecule has 6 heteroatoms. The molecule has 1 rings (SSSR count). The Morgan fingerprint density at radius 2 is 2.24 bits per heavy atom. The van der Waals surface area contributed by atoms with Crippen LogP contribution in [0.15, 0.2) is 18.2 Å². The van der Waals surface area contributed by atoms with Gasteiger partial charge in [-0.25, -0.2) is 4.79 Å². The quantitative estimate of drug-likeness (QED) is 0.810. The number of methoxy groups -OCH3 is 1. The monoisotopic (exact) mass is 260 g/mol. The maximum atomic E-state index is 10.2. The van der Waals surface area contributed by atoms with Gasteiger partial charge in [-0.15, -0.1) is 0 Å². The standard InChI is InChI=1S/C11H13ClO5/c1-16-7-2-3-8(9(12)4-7)10(13)5-17-6-11(14)15/h2-4,10,13H,5-6H2,1H3,(H,14,15). The summed E-state index contributed by atoms with van der Waals surface area (Å²) in [5.74, 6) is -0.504. The van der Waals surface area contributed by atoms with Crippen molar-refractivity contribution in [3.8, 4) is 5.75 Å². The fraction of sp³-hybridized carbons (Fsp3) is 0.364. The van der Waals surface area contributed by atoms with Gasteiger partial charge in [0.2, 0.25) is 0 Å².